The molecule has 4 rings (SSSR count). The standard InChI is InChI=1S/C22H22FN7/c1-14-20(25-2)12-30-21(14)22(27-13-28-30)29-18-6-7-19(16(9-18)10-24)26-11-15-4-3-5-17(23)8-15/h3-10,12-13,24-26H,11H2,1-2H3,(H,27,28,29). The second kappa shape index (κ2) is 8.20. The molecule has 0 bridgehead atoms. The predicted molar refractivity (Wildman–Crippen MR) is 119 cm³/mol. The molecular formula is C22H22FN7. The van der Waals surface area contributed by atoms with Crippen LogP contribution in [0.4, 0.5) is 27.3 Å². The van der Waals surface area contributed by atoms with Gasteiger partial charge in [-0.3, -0.25) is 0 Å². The zero-order valence-corrected chi connectivity index (χ0v) is 16.7. The Morgan fingerprint density at radius 2 is 2.03 bits per heavy atom. The fraction of sp³-hybridized carbons (Fsp3) is 0.136. The predicted octanol–water partition coefficient (Wildman–Crippen LogP) is 4.57. The molecule has 8 heteroatoms. The first-order chi connectivity index (χ1) is 14.6. The van der Waals surface area contributed by atoms with Crippen LogP contribution in [0.15, 0.2) is 55.0 Å². The summed E-state index contributed by atoms with van der Waals surface area (Å²) in [6, 6.07) is 12.1. The molecule has 7 nitrogen and oxygen atoms in total. The van der Waals surface area contributed by atoms with Crippen LogP contribution >= 0.6 is 0 Å². The molecule has 0 amide bonds. The van der Waals surface area contributed by atoms with Crippen molar-refractivity contribution in [1.29, 1.82) is 5.41 Å². The minimum Gasteiger partial charge on any atom is -0.387 e. The van der Waals surface area contributed by atoms with Crippen LogP contribution in [0, 0.1) is 18.2 Å². The highest BCUT2D eigenvalue weighted by Crippen LogP contribution is 2.29. The first kappa shape index (κ1) is 19.4. The molecule has 30 heavy (non-hydrogen) atoms. The molecule has 0 unspecified atom stereocenters. The number of benzene rings is 2. The lowest BCUT2D eigenvalue weighted by molar-refractivity contribution is 0.626. The van der Waals surface area contributed by atoms with Gasteiger partial charge >= 0.3 is 0 Å². The lowest BCUT2D eigenvalue weighted by Gasteiger charge is -2.13. The number of hydrogen-bond donors (Lipinski definition) is 4. The van der Waals surface area contributed by atoms with E-state index in [4.69, 9.17) is 5.41 Å². The summed E-state index contributed by atoms with van der Waals surface area (Å²) in [5, 5.41) is 21.8. The van der Waals surface area contributed by atoms with Gasteiger partial charge in [-0.05, 0) is 42.8 Å². The Labute approximate surface area is 173 Å². The van der Waals surface area contributed by atoms with Gasteiger partial charge in [-0.15, -0.1) is 0 Å². The summed E-state index contributed by atoms with van der Waals surface area (Å²) in [7, 11) is 1.87. The number of nitrogens with one attached hydrogen (secondary N) is 4. The van der Waals surface area contributed by atoms with Crippen LogP contribution in [-0.4, -0.2) is 27.9 Å². The van der Waals surface area contributed by atoms with Gasteiger partial charge in [-0.2, -0.15) is 5.10 Å². The van der Waals surface area contributed by atoms with Crippen molar-refractivity contribution in [1.82, 2.24) is 14.6 Å². The number of halogens is 1. The quantitative estimate of drug-likeness (QED) is 0.339. The molecule has 0 saturated heterocycles. The molecule has 0 saturated carbocycles. The SMILES string of the molecule is CNc1cn2ncnc(Nc3ccc(NCc4cccc(F)c4)c(C=N)c3)c2c1C. The van der Waals surface area contributed by atoms with E-state index in [2.05, 4.69) is 26.0 Å². The highest BCUT2D eigenvalue weighted by atomic mass is 19.1. The number of aryl methyl sites for hydroxylation is 1. The van der Waals surface area contributed by atoms with Crippen molar-refractivity contribution in [3.05, 3.63) is 77.5 Å². The van der Waals surface area contributed by atoms with Crippen LogP contribution in [-0.2, 0) is 6.54 Å². The fourth-order valence-corrected chi connectivity index (χ4v) is 3.41. The van der Waals surface area contributed by atoms with Gasteiger partial charge in [0.05, 0.1) is 11.9 Å². The van der Waals surface area contributed by atoms with Crippen LogP contribution in [0.3, 0.4) is 0 Å². The average Bonchev–Trinajstić information content (AvgIpc) is 3.09. The Bertz CT molecular complexity index is 1220. The van der Waals surface area contributed by atoms with Crippen molar-refractivity contribution >= 4 is 34.6 Å². The third kappa shape index (κ3) is 3.80. The lowest BCUT2D eigenvalue weighted by atomic mass is 10.1. The van der Waals surface area contributed by atoms with E-state index in [-0.39, 0.29) is 5.82 Å². The second-order valence-electron chi connectivity index (χ2n) is 6.87. The van der Waals surface area contributed by atoms with Crippen molar-refractivity contribution < 1.29 is 4.39 Å². The van der Waals surface area contributed by atoms with Crippen LogP contribution < -0.4 is 16.0 Å². The van der Waals surface area contributed by atoms with E-state index >= 15 is 0 Å². The summed E-state index contributed by atoms with van der Waals surface area (Å²) < 4.78 is 15.2. The summed E-state index contributed by atoms with van der Waals surface area (Å²) in [5.74, 6) is 0.416. The Morgan fingerprint density at radius 3 is 2.80 bits per heavy atom. The lowest BCUT2D eigenvalue weighted by Crippen LogP contribution is -2.04. The third-order valence-electron chi connectivity index (χ3n) is 4.94. The van der Waals surface area contributed by atoms with E-state index in [1.807, 2.05) is 44.4 Å². The number of fused-ring (bicyclic) bond motifs is 1. The maximum Gasteiger partial charge on any atom is 0.158 e. The molecular weight excluding hydrogens is 381 g/mol. The molecule has 2 heterocycles. The minimum atomic E-state index is -0.264. The Balaban J connectivity index is 1.58. The Hall–Kier alpha value is -3.94. The third-order valence-corrected chi connectivity index (χ3v) is 4.94. The molecule has 4 aromatic rings. The topological polar surface area (TPSA) is 90.1 Å². The Morgan fingerprint density at radius 1 is 1.17 bits per heavy atom. The first-order valence-electron chi connectivity index (χ1n) is 9.49. The number of nitrogens with zero attached hydrogens (tertiary/aromatic N) is 3. The van der Waals surface area contributed by atoms with E-state index in [9.17, 15) is 4.39 Å². The number of aromatic nitrogens is 3. The molecule has 0 fully saturated rings. The van der Waals surface area contributed by atoms with Crippen LogP contribution in [0.2, 0.25) is 0 Å². The number of hydrogen-bond acceptors (Lipinski definition) is 6. The van der Waals surface area contributed by atoms with Crippen LogP contribution in [0.5, 0.6) is 0 Å². The van der Waals surface area contributed by atoms with Gasteiger partial charge in [-0.25, -0.2) is 13.9 Å². The fourth-order valence-electron chi connectivity index (χ4n) is 3.41. The number of anilines is 4. The normalized spacial score (nSPS) is 10.8. The van der Waals surface area contributed by atoms with Gasteiger partial charge < -0.3 is 21.4 Å². The molecule has 0 aliphatic carbocycles. The van der Waals surface area contributed by atoms with Crippen molar-refractivity contribution in [2.24, 2.45) is 0 Å². The highest BCUT2D eigenvalue weighted by Gasteiger charge is 2.12. The van der Waals surface area contributed by atoms with Gasteiger partial charge in [-0.1, -0.05) is 12.1 Å². The van der Waals surface area contributed by atoms with E-state index in [0.717, 1.165) is 33.7 Å². The van der Waals surface area contributed by atoms with Gasteiger partial charge in [0.15, 0.2) is 5.82 Å². The van der Waals surface area contributed by atoms with Gasteiger partial charge in [0.25, 0.3) is 0 Å². The summed E-state index contributed by atoms with van der Waals surface area (Å²) >= 11 is 0. The molecule has 0 aliphatic heterocycles. The zero-order chi connectivity index (χ0) is 21.1. The second-order valence-corrected chi connectivity index (χ2v) is 6.87. The van der Waals surface area contributed by atoms with Crippen LogP contribution in [0.25, 0.3) is 5.52 Å². The van der Waals surface area contributed by atoms with E-state index in [0.29, 0.717) is 17.9 Å². The maximum absolute atomic E-state index is 13.4. The summed E-state index contributed by atoms with van der Waals surface area (Å²) in [5.41, 5.74) is 6.05. The summed E-state index contributed by atoms with van der Waals surface area (Å²) in [6.45, 7) is 2.48. The molecule has 0 atom stereocenters. The molecule has 0 radical (unpaired) electrons. The first-order valence-corrected chi connectivity index (χ1v) is 9.49. The Kier molecular flexibility index (Phi) is 5.30. The monoisotopic (exact) mass is 403 g/mol. The minimum absolute atomic E-state index is 0.264. The smallest absolute Gasteiger partial charge is 0.158 e. The molecule has 0 spiro atoms. The summed E-state index contributed by atoms with van der Waals surface area (Å²) in [6.07, 6.45) is 4.71. The molecule has 2 aromatic carbocycles. The van der Waals surface area contributed by atoms with E-state index in [1.165, 1.54) is 24.7 Å². The molecule has 2 aromatic heterocycles. The molecule has 0 aliphatic rings. The van der Waals surface area contributed by atoms with E-state index < -0.39 is 0 Å². The summed E-state index contributed by atoms with van der Waals surface area (Å²) in [4.78, 5) is 4.39. The average molecular weight is 403 g/mol. The number of rotatable bonds is 7. The van der Waals surface area contributed by atoms with Gasteiger partial charge in [0.1, 0.15) is 17.7 Å². The molecule has 152 valence electrons. The van der Waals surface area contributed by atoms with Crippen molar-refractivity contribution in [2.45, 2.75) is 13.5 Å². The largest absolute Gasteiger partial charge is 0.387 e. The maximum atomic E-state index is 13.4. The molecule has 4 N–H and O–H groups in total. The highest BCUT2D eigenvalue weighted by molar-refractivity contribution is 5.89. The van der Waals surface area contributed by atoms with Gasteiger partial charge in [0, 0.05) is 42.3 Å². The van der Waals surface area contributed by atoms with Crippen LogP contribution in [0.1, 0.15) is 16.7 Å². The van der Waals surface area contributed by atoms with Crippen molar-refractivity contribution in [3.8, 4) is 0 Å². The van der Waals surface area contributed by atoms with Crippen molar-refractivity contribution in [2.75, 3.05) is 23.0 Å². The van der Waals surface area contributed by atoms with Crippen molar-refractivity contribution in [3.63, 3.8) is 0 Å². The zero-order valence-electron chi connectivity index (χ0n) is 16.7. The van der Waals surface area contributed by atoms with E-state index in [1.54, 1.807) is 10.6 Å². The van der Waals surface area contributed by atoms with Gasteiger partial charge in [0.2, 0.25) is 0 Å².